The van der Waals surface area contributed by atoms with Crippen molar-refractivity contribution in [1.29, 1.82) is 0 Å². The third-order valence-corrected chi connectivity index (χ3v) is 13.0. The molecule has 0 aliphatic rings. The second-order valence-corrected chi connectivity index (χ2v) is 17.9. The van der Waals surface area contributed by atoms with Crippen LogP contribution in [0.4, 0.5) is 0 Å². The number of rotatable bonds is 20. The smallest absolute Gasteiger partial charge is 0.323 e. The fraction of sp³-hybridized carbons (Fsp3) is 0.345. The predicted molar refractivity (Wildman–Crippen MR) is 281 cm³/mol. The van der Waals surface area contributed by atoms with Gasteiger partial charge >= 0.3 is 16.8 Å². The van der Waals surface area contributed by atoms with Crippen LogP contribution in [0.3, 0.4) is 0 Å². The first-order valence-corrected chi connectivity index (χ1v) is 25.4. The van der Waals surface area contributed by atoms with Crippen LogP contribution in [0.2, 0.25) is 0 Å². The van der Waals surface area contributed by atoms with E-state index in [1.54, 1.807) is 0 Å². The summed E-state index contributed by atoms with van der Waals surface area (Å²) in [5.41, 5.74) is 12.4. The molecule has 10 rings (SSSR count). The molecule has 10 nitrogen and oxygen atoms in total. The molecule has 0 bridgehead atoms. The largest absolute Gasteiger partial charge is 2.00 e. The number of hydrogen-bond acceptors (Lipinski definition) is 6. The van der Waals surface area contributed by atoms with E-state index in [0.717, 1.165) is 120 Å². The fourth-order valence-corrected chi connectivity index (χ4v) is 9.44. The maximum absolute atomic E-state index is 5.11. The van der Waals surface area contributed by atoms with Gasteiger partial charge in [-0.3, -0.25) is 0 Å². The summed E-state index contributed by atoms with van der Waals surface area (Å²) < 4.78 is 9.34. The van der Waals surface area contributed by atoms with Crippen molar-refractivity contribution in [3.8, 4) is 46.1 Å². The number of benzene rings is 4. The van der Waals surface area contributed by atoms with Crippen LogP contribution in [0.1, 0.15) is 105 Å². The molecule has 0 aliphatic heterocycles. The van der Waals surface area contributed by atoms with Gasteiger partial charge in [0.2, 0.25) is 0 Å². The quantitative estimate of drug-likeness (QED) is 0.0706. The van der Waals surface area contributed by atoms with Gasteiger partial charge in [0, 0.05) is 26.2 Å². The van der Waals surface area contributed by atoms with Crippen molar-refractivity contribution >= 4 is 44.1 Å². The van der Waals surface area contributed by atoms with Crippen LogP contribution in [0.25, 0.3) is 90.2 Å². The first kappa shape index (κ1) is 49.0. The molecule has 0 spiro atoms. The molecule has 1 radical (unpaired) electrons. The van der Waals surface area contributed by atoms with Gasteiger partial charge in [-0.2, -0.15) is 0 Å². The monoisotopic (exact) mass is 961 g/mol. The molecule has 0 aliphatic carbocycles. The molecule has 0 amide bonds. The third kappa shape index (κ3) is 10.9. The van der Waals surface area contributed by atoms with Crippen molar-refractivity contribution in [2.75, 3.05) is 0 Å². The van der Waals surface area contributed by atoms with Crippen LogP contribution in [-0.4, -0.2) is 48.2 Å². The predicted octanol–water partition coefficient (Wildman–Crippen LogP) is 15.0. The average Bonchev–Trinajstić information content (AvgIpc) is 4.16. The van der Waals surface area contributed by atoms with Crippen LogP contribution in [0.5, 0.6) is 0 Å². The van der Waals surface area contributed by atoms with E-state index in [0.29, 0.717) is 0 Å². The second-order valence-electron chi connectivity index (χ2n) is 17.9. The number of para-hydroxylation sites is 8. The number of fused-ring (bicyclic) bond motifs is 4. The summed E-state index contributed by atoms with van der Waals surface area (Å²) >= 11 is 0. The SMILES string of the molecule is CCCCCn1c(-c2cccc(-c3nc4ccccc4n3CCCCC)n2)nc2ccccc21.CCCCCn1c(-c2cccc(-c3nc4ccccc4n3CCCCC)n2)nc2ccccc21.[Co+2]. The van der Waals surface area contributed by atoms with Gasteiger partial charge in [0.25, 0.3) is 0 Å². The Balaban J connectivity index is 0.000000183. The molecule has 0 fully saturated rings. The zero-order valence-electron chi connectivity index (χ0n) is 40.8. The zero-order chi connectivity index (χ0) is 46.7. The molecule has 6 aromatic heterocycles. The fourth-order valence-electron chi connectivity index (χ4n) is 9.44. The zero-order valence-corrected chi connectivity index (χ0v) is 41.9. The van der Waals surface area contributed by atoms with Gasteiger partial charge in [-0.05, 0) is 98.5 Å². The molecule has 0 atom stereocenters. The van der Waals surface area contributed by atoms with Gasteiger partial charge in [-0.15, -0.1) is 0 Å². The van der Waals surface area contributed by atoms with Crippen LogP contribution in [0.15, 0.2) is 133 Å². The minimum absolute atomic E-state index is 0. The number of pyridine rings is 2. The molecule has 6 heterocycles. The van der Waals surface area contributed by atoms with Crippen LogP contribution in [-0.2, 0) is 43.0 Å². The van der Waals surface area contributed by atoms with Gasteiger partial charge in [-0.1, -0.05) is 140 Å². The Hall–Kier alpha value is -6.43. The molecular formula is C58H66CoN10+2. The van der Waals surface area contributed by atoms with E-state index in [4.69, 9.17) is 29.9 Å². The molecule has 355 valence electrons. The first-order chi connectivity index (χ1) is 33.6. The Labute approximate surface area is 417 Å². The summed E-state index contributed by atoms with van der Waals surface area (Å²) in [4.78, 5) is 30.2. The summed E-state index contributed by atoms with van der Waals surface area (Å²) in [6.07, 6.45) is 14.2. The molecule has 4 aromatic carbocycles. The molecule has 0 unspecified atom stereocenters. The summed E-state index contributed by atoms with van der Waals surface area (Å²) in [6.45, 7) is 12.8. The Kier molecular flexibility index (Phi) is 16.8. The molecule has 10 aromatic rings. The van der Waals surface area contributed by atoms with Gasteiger partial charge in [0.15, 0.2) is 23.3 Å². The van der Waals surface area contributed by atoms with E-state index in [-0.39, 0.29) is 16.8 Å². The van der Waals surface area contributed by atoms with Crippen molar-refractivity contribution < 1.29 is 16.8 Å². The number of aromatic nitrogens is 10. The summed E-state index contributed by atoms with van der Waals surface area (Å²) in [5, 5.41) is 0. The van der Waals surface area contributed by atoms with E-state index in [9.17, 15) is 0 Å². The average molecular weight is 962 g/mol. The molecule has 69 heavy (non-hydrogen) atoms. The van der Waals surface area contributed by atoms with Crippen molar-refractivity contribution in [2.45, 2.75) is 131 Å². The Morgan fingerprint density at radius 3 is 0.739 bits per heavy atom. The van der Waals surface area contributed by atoms with Crippen molar-refractivity contribution in [3.63, 3.8) is 0 Å². The van der Waals surface area contributed by atoms with Crippen molar-refractivity contribution in [2.24, 2.45) is 0 Å². The standard InChI is InChI=1S/2C29H33N5.Co/c2*1-3-5-11-20-33-26-18-9-7-14-22(26)31-28(33)24-16-13-17-25(30-24)29-32-23-15-8-10-19-27(23)34(29)21-12-6-4-2;/h2*7-10,13-19H,3-6,11-12,20-21H2,1-2H3;/q;;+2. The second kappa shape index (κ2) is 23.7. The van der Waals surface area contributed by atoms with Crippen LogP contribution < -0.4 is 0 Å². The van der Waals surface area contributed by atoms with E-state index >= 15 is 0 Å². The van der Waals surface area contributed by atoms with Gasteiger partial charge < -0.3 is 18.3 Å². The number of unbranched alkanes of at least 4 members (excludes halogenated alkanes) is 8. The molecule has 0 N–H and O–H groups in total. The van der Waals surface area contributed by atoms with Crippen molar-refractivity contribution in [3.05, 3.63) is 133 Å². The molecule has 11 heteroatoms. The molecule has 0 saturated heterocycles. The van der Waals surface area contributed by atoms with Gasteiger partial charge in [0.1, 0.15) is 22.8 Å². The van der Waals surface area contributed by atoms with E-state index < -0.39 is 0 Å². The van der Waals surface area contributed by atoms with Gasteiger partial charge in [-0.25, -0.2) is 29.9 Å². The van der Waals surface area contributed by atoms with E-state index in [2.05, 4.69) is 179 Å². The van der Waals surface area contributed by atoms with Crippen LogP contribution in [0, 0.1) is 0 Å². The maximum Gasteiger partial charge on any atom is 2.00 e. The maximum atomic E-state index is 5.11. The molecule has 0 saturated carbocycles. The normalized spacial score (nSPS) is 11.4. The topological polar surface area (TPSA) is 97.1 Å². The van der Waals surface area contributed by atoms with E-state index in [1.165, 1.54) is 73.4 Å². The Morgan fingerprint density at radius 2 is 0.507 bits per heavy atom. The van der Waals surface area contributed by atoms with Gasteiger partial charge in [0.05, 0.1) is 44.1 Å². The van der Waals surface area contributed by atoms with Crippen LogP contribution >= 0.6 is 0 Å². The third-order valence-electron chi connectivity index (χ3n) is 13.0. The number of nitrogens with zero attached hydrogens (tertiary/aromatic N) is 10. The summed E-state index contributed by atoms with van der Waals surface area (Å²) in [5.74, 6) is 3.75. The summed E-state index contributed by atoms with van der Waals surface area (Å²) in [6, 6.07) is 46.0. The Morgan fingerprint density at radius 1 is 0.275 bits per heavy atom. The summed E-state index contributed by atoms with van der Waals surface area (Å²) in [7, 11) is 0. The first-order valence-electron chi connectivity index (χ1n) is 25.4. The minimum Gasteiger partial charge on any atom is -0.323 e. The van der Waals surface area contributed by atoms with E-state index in [1.807, 2.05) is 0 Å². The minimum atomic E-state index is 0. The Bertz CT molecular complexity index is 2810. The van der Waals surface area contributed by atoms with Crippen molar-refractivity contribution in [1.82, 2.24) is 48.2 Å². The number of hydrogen-bond donors (Lipinski definition) is 0. The number of aryl methyl sites for hydroxylation is 4. The number of imidazole rings is 4. The molecular weight excluding hydrogens is 896 g/mol.